The number of amides is 1. The van der Waals surface area contributed by atoms with Gasteiger partial charge in [-0.15, -0.1) is 0 Å². The molecule has 1 atom stereocenters. The molecular formula is C27H24F2N4O3. The molecule has 184 valence electrons. The second-order valence-corrected chi connectivity index (χ2v) is 8.43. The van der Waals surface area contributed by atoms with Crippen LogP contribution in [0, 0.1) is 11.6 Å². The highest BCUT2D eigenvalue weighted by Gasteiger charge is 2.16. The molecule has 2 heterocycles. The van der Waals surface area contributed by atoms with E-state index in [4.69, 9.17) is 15.1 Å². The van der Waals surface area contributed by atoms with Gasteiger partial charge in [0.1, 0.15) is 11.6 Å². The van der Waals surface area contributed by atoms with Gasteiger partial charge in [-0.25, -0.2) is 18.7 Å². The van der Waals surface area contributed by atoms with Crippen molar-refractivity contribution in [1.82, 2.24) is 20.3 Å². The van der Waals surface area contributed by atoms with Crippen LogP contribution in [0.15, 0.2) is 60.8 Å². The van der Waals surface area contributed by atoms with E-state index in [1.165, 1.54) is 24.3 Å². The van der Waals surface area contributed by atoms with Crippen LogP contribution in [0.3, 0.4) is 0 Å². The highest BCUT2D eigenvalue weighted by Crippen LogP contribution is 2.26. The molecule has 9 heteroatoms. The zero-order valence-corrected chi connectivity index (χ0v) is 19.5. The second kappa shape index (κ2) is 11.0. The Labute approximate surface area is 206 Å². The van der Waals surface area contributed by atoms with Crippen molar-refractivity contribution in [3.05, 3.63) is 89.4 Å². The van der Waals surface area contributed by atoms with Crippen molar-refractivity contribution in [2.75, 3.05) is 0 Å². The van der Waals surface area contributed by atoms with E-state index in [0.717, 1.165) is 6.20 Å². The summed E-state index contributed by atoms with van der Waals surface area (Å²) in [4.78, 5) is 37.2. The summed E-state index contributed by atoms with van der Waals surface area (Å²) in [5.74, 6) is -2.03. The highest BCUT2D eigenvalue weighted by molar-refractivity contribution is 5.97. The number of nitrogens with one attached hydrogen (secondary N) is 1. The number of unbranched alkanes of at least 4 members (excludes halogenated alkanes) is 1. The third kappa shape index (κ3) is 6.04. The Balaban J connectivity index is 1.62. The van der Waals surface area contributed by atoms with Crippen LogP contribution in [-0.4, -0.2) is 31.9 Å². The van der Waals surface area contributed by atoms with Gasteiger partial charge in [0.2, 0.25) is 0 Å². The summed E-state index contributed by atoms with van der Waals surface area (Å²) >= 11 is 0. The third-order valence-corrected chi connectivity index (χ3v) is 5.71. The Bertz CT molecular complexity index is 1390. The van der Waals surface area contributed by atoms with Gasteiger partial charge in [-0.1, -0.05) is 0 Å². The molecule has 4 aromatic rings. The lowest BCUT2D eigenvalue weighted by Crippen LogP contribution is -2.27. The fourth-order valence-corrected chi connectivity index (χ4v) is 3.81. The van der Waals surface area contributed by atoms with Gasteiger partial charge in [-0.05, 0) is 80.8 Å². The number of benzene rings is 2. The van der Waals surface area contributed by atoms with Gasteiger partial charge >= 0.3 is 5.97 Å². The fourth-order valence-electron chi connectivity index (χ4n) is 3.81. The van der Waals surface area contributed by atoms with Gasteiger partial charge in [0.05, 0.1) is 40.4 Å². The van der Waals surface area contributed by atoms with Gasteiger partial charge in [0.15, 0.2) is 0 Å². The molecule has 7 nitrogen and oxygen atoms in total. The summed E-state index contributed by atoms with van der Waals surface area (Å²) in [6.45, 7) is 1.75. The summed E-state index contributed by atoms with van der Waals surface area (Å²) in [6, 6.07) is 13.3. The summed E-state index contributed by atoms with van der Waals surface area (Å²) in [7, 11) is 0. The molecule has 1 unspecified atom stereocenters. The number of fused-ring (bicyclic) bond motifs is 1. The van der Waals surface area contributed by atoms with Crippen LogP contribution in [0.1, 0.15) is 54.0 Å². The molecule has 2 N–H and O–H groups in total. The molecule has 0 aliphatic carbocycles. The van der Waals surface area contributed by atoms with Crippen molar-refractivity contribution < 1.29 is 23.5 Å². The topological polar surface area (TPSA) is 105 Å². The first-order chi connectivity index (χ1) is 17.3. The van der Waals surface area contributed by atoms with Gasteiger partial charge in [0.25, 0.3) is 5.91 Å². The zero-order chi connectivity index (χ0) is 25.7. The van der Waals surface area contributed by atoms with E-state index >= 15 is 0 Å². The average molecular weight is 491 g/mol. The standard InChI is InChI=1S/C27H24F2N4O3/c1-16(21-13-11-20(29)15-30-21)31-27(36)18-8-12-22-24(14-18)32-23(4-2-3-5-25(34)35)26(33-22)17-6-9-19(28)10-7-17/h6-16H,2-5H2,1H3,(H,31,36)(H,34,35). The SMILES string of the molecule is CC(NC(=O)c1ccc2nc(-c3ccc(F)cc3)c(CCCCC(=O)O)nc2c1)c1ccc(F)cn1. The van der Waals surface area contributed by atoms with Crippen LogP contribution in [0.5, 0.6) is 0 Å². The number of aliphatic carboxylic acids is 1. The number of aryl methyl sites for hydroxylation is 1. The van der Waals surface area contributed by atoms with Crippen molar-refractivity contribution >= 4 is 22.9 Å². The van der Waals surface area contributed by atoms with E-state index in [0.29, 0.717) is 58.5 Å². The van der Waals surface area contributed by atoms with E-state index < -0.39 is 17.8 Å². The maximum absolute atomic E-state index is 13.5. The van der Waals surface area contributed by atoms with Crippen molar-refractivity contribution in [3.8, 4) is 11.3 Å². The number of carboxylic acid groups (broad SMARTS) is 1. The number of hydrogen-bond donors (Lipinski definition) is 2. The lowest BCUT2D eigenvalue weighted by atomic mass is 10.0. The Hall–Kier alpha value is -4.27. The number of rotatable bonds is 9. The maximum atomic E-state index is 13.5. The minimum absolute atomic E-state index is 0.0539. The Morgan fingerprint density at radius 2 is 1.69 bits per heavy atom. The lowest BCUT2D eigenvalue weighted by molar-refractivity contribution is -0.137. The number of halogens is 2. The molecular weight excluding hydrogens is 466 g/mol. The summed E-state index contributed by atoms with van der Waals surface area (Å²) in [5.41, 5.74) is 3.89. The number of hydrogen-bond acceptors (Lipinski definition) is 5. The molecule has 2 aromatic heterocycles. The second-order valence-electron chi connectivity index (χ2n) is 8.43. The first-order valence-corrected chi connectivity index (χ1v) is 11.5. The van der Waals surface area contributed by atoms with Crippen LogP contribution in [0.4, 0.5) is 8.78 Å². The summed E-state index contributed by atoms with van der Waals surface area (Å²) in [6.07, 6.45) is 2.70. The van der Waals surface area contributed by atoms with E-state index in [-0.39, 0.29) is 18.1 Å². The third-order valence-electron chi connectivity index (χ3n) is 5.71. The Morgan fingerprint density at radius 1 is 0.944 bits per heavy atom. The first-order valence-electron chi connectivity index (χ1n) is 11.5. The molecule has 0 aliphatic heterocycles. The molecule has 0 fully saturated rings. The van der Waals surface area contributed by atoms with Crippen molar-refractivity contribution in [3.63, 3.8) is 0 Å². The number of nitrogens with zero attached hydrogens (tertiary/aromatic N) is 3. The molecule has 0 saturated heterocycles. The number of pyridine rings is 1. The number of aromatic nitrogens is 3. The fraction of sp³-hybridized carbons (Fsp3) is 0.222. The molecule has 0 saturated carbocycles. The lowest BCUT2D eigenvalue weighted by Gasteiger charge is -2.14. The van der Waals surface area contributed by atoms with Crippen LogP contribution in [-0.2, 0) is 11.2 Å². The van der Waals surface area contributed by atoms with Crippen molar-refractivity contribution in [2.24, 2.45) is 0 Å². The van der Waals surface area contributed by atoms with E-state index in [1.807, 2.05) is 0 Å². The van der Waals surface area contributed by atoms with Crippen LogP contribution in [0.2, 0.25) is 0 Å². The van der Waals surface area contributed by atoms with Crippen molar-refractivity contribution in [1.29, 1.82) is 0 Å². The monoisotopic (exact) mass is 490 g/mol. The average Bonchev–Trinajstić information content (AvgIpc) is 2.86. The summed E-state index contributed by atoms with van der Waals surface area (Å²) < 4.78 is 26.6. The minimum Gasteiger partial charge on any atom is -0.481 e. The minimum atomic E-state index is -0.862. The van der Waals surface area contributed by atoms with Crippen LogP contribution >= 0.6 is 0 Å². The summed E-state index contributed by atoms with van der Waals surface area (Å²) in [5, 5.41) is 11.8. The number of carboxylic acids is 1. The van der Waals surface area contributed by atoms with E-state index in [9.17, 15) is 18.4 Å². The first kappa shape index (κ1) is 24.8. The predicted molar refractivity (Wildman–Crippen MR) is 130 cm³/mol. The predicted octanol–water partition coefficient (Wildman–Crippen LogP) is 5.26. The molecule has 0 radical (unpaired) electrons. The molecule has 4 rings (SSSR count). The molecule has 0 aliphatic rings. The molecule has 0 bridgehead atoms. The van der Waals surface area contributed by atoms with E-state index in [1.54, 1.807) is 37.3 Å². The van der Waals surface area contributed by atoms with Gasteiger partial charge in [-0.2, -0.15) is 0 Å². The van der Waals surface area contributed by atoms with Crippen LogP contribution in [0.25, 0.3) is 22.3 Å². The zero-order valence-electron chi connectivity index (χ0n) is 19.5. The largest absolute Gasteiger partial charge is 0.481 e. The molecule has 1 amide bonds. The normalized spacial score (nSPS) is 11.9. The molecule has 36 heavy (non-hydrogen) atoms. The molecule has 2 aromatic carbocycles. The van der Waals surface area contributed by atoms with Crippen molar-refractivity contribution in [2.45, 2.75) is 38.6 Å². The van der Waals surface area contributed by atoms with Crippen LogP contribution < -0.4 is 5.32 Å². The molecule has 0 spiro atoms. The van der Waals surface area contributed by atoms with Gasteiger partial charge in [0, 0.05) is 17.5 Å². The smallest absolute Gasteiger partial charge is 0.303 e. The Morgan fingerprint density at radius 3 is 2.39 bits per heavy atom. The number of carbonyl (C=O) groups excluding carboxylic acids is 1. The highest BCUT2D eigenvalue weighted by atomic mass is 19.1. The van der Waals surface area contributed by atoms with Gasteiger partial charge in [-0.3, -0.25) is 14.6 Å². The van der Waals surface area contributed by atoms with Gasteiger partial charge < -0.3 is 10.4 Å². The quantitative estimate of drug-likeness (QED) is 0.310. The van der Waals surface area contributed by atoms with E-state index in [2.05, 4.69) is 10.3 Å². The Kier molecular flexibility index (Phi) is 7.58. The number of carbonyl (C=O) groups is 2. The maximum Gasteiger partial charge on any atom is 0.303 e.